The summed E-state index contributed by atoms with van der Waals surface area (Å²) in [6, 6.07) is 2.55. The van der Waals surface area contributed by atoms with Gasteiger partial charge in [0.25, 0.3) is 0 Å². The summed E-state index contributed by atoms with van der Waals surface area (Å²) in [6.07, 6.45) is 4.44. The maximum absolute atomic E-state index is 5.88. The zero-order valence-electron chi connectivity index (χ0n) is 9.47. The SMILES string of the molecule is Cc1cc(NC(C)C2(C)CC2)cnc1Cl. The molecule has 1 saturated carbocycles. The molecule has 2 rings (SSSR count). The number of pyridine rings is 1. The van der Waals surface area contributed by atoms with E-state index in [4.69, 9.17) is 11.6 Å². The quantitative estimate of drug-likeness (QED) is 0.793. The molecule has 1 aromatic heterocycles. The second-order valence-corrected chi connectivity index (χ2v) is 5.21. The van der Waals surface area contributed by atoms with Gasteiger partial charge >= 0.3 is 0 Å². The molecule has 0 bridgehead atoms. The third-order valence-electron chi connectivity index (χ3n) is 3.48. The Bertz CT molecular complexity index is 372. The summed E-state index contributed by atoms with van der Waals surface area (Å²) in [5, 5.41) is 4.08. The Labute approximate surface area is 96.1 Å². The molecule has 3 heteroatoms. The van der Waals surface area contributed by atoms with E-state index in [1.807, 2.05) is 6.92 Å². The van der Waals surface area contributed by atoms with Gasteiger partial charge in [-0.25, -0.2) is 4.98 Å². The van der Waals surface area contributed by atoms with Crippen molar-refractivity contribution in [2.75, 3.05) is 5.32 Å². The van der Waals surface area contributed by atoms with Crippen molar-refractivity contribution in [3.63, 3.8) is 0 Å². The highest BCUT2D eigenvalue weighted by Crippen LogP contribution is 2.48. The van der Waals surface area contributed by atoms with Gasteiger partial charge in [0.1, 0.15) is 5.15 Å². The van der Waals surface area contributed by atoms with E-state index in [0.717, 1.165) is 11.3 Å². The van der Waals surface area contributed by atoms with E-state index in [-0.39, 0.29) is 0 Å². The van der Waals surface area contributed by atoms with Crippen molar-refractivity contribution in [2.24, 2.45) is 5.41 Å². The van der Waals surface area contributed by atoms with E-state index in [1.54, 1.807) is 6.20 Å². The second-order valence-electron chi connectivity index (χ2n) is 4.85. The van der Waals surface area contributed by atoms with Gasteiger partial charge in [-0.1, -0.05) is 18.5 Å². The minimum atomic E-state index is 0.480. The molecule has 0 aromatic carbocycles. The number of nitrogens with one attached hydrogen (secondary N) is 1. The van der Waals surface area contributed by atoms with Crippen molar-refractivity contribution in [1.82, 2.24) is 4.98 Å². The zero-order valence-corrected chi connectivity index (χ0v) is 10.2. The highest BCUT2D eigenvalue weighted by Gasteiger charge is 2.42. The molecule has 1 atom stereocenters. The van der Waals surface area contributed by atoms with Gasteiger partial charge in [-0.3, -0.25) is 0 Å². The molecule has 1 aliphatic carbocycles. The second kappa shape index (κ2) is 3.67. The zero-order chi connectivity index (χ0) is 11.1. The molecule has 2 nitrogen and oxygen atoms in total. The Morgan fingerprint density at radius 3 is 2.73 bits per heavy atom. The van der Waals surface area contributed by atoms with E-state index in [0.29, 0.717) is 16.6 Å². The molecule has 0 spiro atoms. The molecule has 1 unspecified atom stereocenters. The third kappa shape index (κ3) is 2.25. The Kier molecular flexibility index (Phi) is 2.63. The molecule has 1 fully saturated rings. The fraction of sp³-hybridized carbons (Fsp3) is 0.583. The van der Waals surface area contributed by atoms with Crippen LogP contribution in [-0.2, 0) is 0 Å². The van der Waals surface area contributed by atoms with Crippen LogP contribution in [0.1, 0.15) is 32.3 Å². The minimum absolute atomic E-state index is 0.480. The summed E-state index contributed by atoms with van der Waals surface area (Å²) >= 11 is 5.88. The van der Waals surface area contributed by atoms with Crippen LogP contribution in [0.5, 0.6) is 0 Å². The molecule has 1 heterocycles. The maximum Gasteiger partial charge on any atom is 0.132 e. The summed E-state index contributed by atoms with van der Waals surface area (Å²) in [4.78, 5) is 4.14. The number of rotatable bonds is 3. The van der Waals surface area contributed by atoms with Crippen molar-refractivity contribution in [3.8, 4) is 0 Å². The van der Waals surface area contributed by atoms with Gasteiger partial charge in [-0.05, 0) is 43.7 Å². The first-order valence-electron chi connectivity index (χ1n) is 5.40. The van der Waals surface area contributed by atoms with Gasteiger partial charge in [0.05, 0.1) is 11.9 Å². The topological polar surface area (TPSA) is 24.9 Å². The van der Waals surface area contributed by atoms with Crippen LogP contribution in [-0.4, -0.2) is 11.0 Å². The largest absolute Gasteiger partial charge is 0.381 e. The van der Waals surface area contributed by atoms with Crippen molar-refractivity contribution in [1.29, 1.82) is 0 Å². The van der Waals surface area contributed by atoms with Crippen LogP contribution in [0.15, 0.2) is 12.3 Å². The van der Waals surface area contributed by atoms with Crippen LogP contribution < -0.4 is 5.32 Å². The monoisotopic (exact) mass is 224 g/mol. The van der Waals surface area contributed by atoms with Gasteiger partial charge < -0.3 is 5.32 Å². The number of hydrogen-bond donors (Lipinski definition) is 1. The predicted octanol–water partition coefficient (Wildman–Crippen LogP) is 3.64. The van der Waals surface area contributed by atoms with Crippen LogP contribution in [0.3, 0.4) is 0 Å². The Balaban J connectivity index is 2.07. The number of anilines is 1. The molecule has 1 aliphatic rings. The van der Waals surface area contributed by atoms with E-state index >= 15 is 0 Å². The lowest BCUT2D eigenvalue weighted by Crippen LogP contribution is -2.24. The Morgan fingerprint density at radius 1 is 1.53 bits per heavy atom. The number of halogens is 1. The summed E-state index contributed by atoms with van der Waals surface area (Å²) in [6.45, 7) is 6.53. The average molecular weight is 225 g/mol. The summed E-state index contributed by atoms with van der Waals surface area (Å²) in [5.41, 5.74) is 2.57. The van der Waals surface area contributed by atoms with E-state index in [1.165, 1.54) is 12.8 Å². The fourth-order valence-corrected chi connectivity index (χ4v) is 1.79. The third-order valence-corrected chi connectivity index (χ3v) is 3.88. The lowest BCUT2D eigenvalue weighted by Gasteiger charge is -2.21. The van der Waals surface area contributed by atoms with E-state index in [2.05, 4.69) is 30.2 Å². The summed E-state index contributed by atoms with van der Waals surface area (Å²) in [7, 11) is 0. The van der Waals surface area contributed by atoms with Gasteiger partial charge in [-0.15, -0.1) is 0 Å². The van der Waals surface area contributed by atoms with Gasteiger partial charge in [0.2, 0.25) is 0 Å². The molecular weight excluding hydrogens is 208 g/mol. The molecular formula is C12H17ClN2. The molecule has 0 saturated heterocycles. The van der Waals surface area contributed by atoms with Crippen LogP contribution in [0.2, 0.25) is 5.15 Å². The van der Waals surface area contributed by atoms with Crippen molar-refractivity contribution in [2.45, 2.75) is 39.7 Å². The van der Waals surface area contributed by atoms with Crippen molar-refractivity contribution >= 4 is 17.3 Å². The standard InChI is InChI=1S/C12H17ClN2/c1-8-6-10(7-14-11(8)13)15-9(2)12(3)4-5-12/h6-7,9,15H,4-5H2,1-3H3. The van der Waals surface area contributed by atoms with Gasteiger partial charge in [0, 0.05) is 6.04 Å². The van der Waals surface area contributed by atoms with Crippen LogP contribution >= 0.6 is 11.6 Å². The first-order chi connectivity index (χ1) is 7.01. The lowest BCUT2D eigenvalue weighted by molar-refractivity contribution is 0.493. The lowest BCUT2D eigenvalue weighted by atomic mass is 10.0. The molecule has 1 aromatic rings. The van der Waals surface area contributed by atoms with Crippen LogP contribution in [0, 0.1) is 12.3 Å². The van der Waals surface area contributed by atoms with Gasteiger partial charge in [0.15, 0.2) is 0 Å². The maximum atomic E-state index is 5.88. The van der Waals surface area contributed by atoms with Crippen molar-refractivity contribution < 1.29 is 0 Å². The van der Waals surface area contributed by atoms with E-state index < -0.39 is 0 Å². The summed E-state index contributed by atoms with van der Waals surface area (Å²) < 4.78 is 0. The minimum Gasteiger partial charge on any atom is -0.381 e. The number of nitrogens with zero attached hydrogens (tertiary/aromatic N) is 1. The molecule has 0 aliphatic heterocycles. The average Bonchev–Trinajstić information content (AvgIpc) is 2.92. The molecule has 0 amide bonds. The Hall–Kier alpha value is -0.760. The van der Waals surface area contributed by atoms with Crippen molar-refractivity contribution in [3.05, 3.63) is 23.0 Å². The number of aryl methyl sites for hydroxylation is 1. The highest BCUT2D eigenvalue weighted by atomic mass is 35.5. The normalized spacial score (nSPS) is 19.7. The van der Waals surface area contributed by atoms with Gasteiger partial charge in [-0.2, -0.15) is 0 Å². The van der Waals surface area contributed by atoms with E-state index in [9.17, 15) is 0 Å². The van der Waals surface area contributed by atoms with Crippen LogP contribution in [0.25, 0.3) is 0 Å². The Morgan fingerprint density at radius 2 is 2.20 bits per heavy atom. The molecule has 1 N–H and O–H groups in total. The number of hydrogen-bond acceptors (Lipinski definition) is 2. The first kappa shape index (κ1) is 10.7. The number of aromatic nitrogens is 1. The highest BCUT2D eigenvalue weighted by molar-refractivity contribution is 6.30. The molecule has 15 heavy (non-hydrogen) atoms. The molecule has 82 valence electrons. The predicted molar refractivity (Wildman–Crippen MR) is 64.4 cm³/mol. The summed E-state index contributed by atoms with van der Waals surface area (Å²) in [5.74, 6) is 0. The first-order valence-corrected chi connectivity index (χ1v) is 5.78. The van der Waals surface area contributed by atoms with Crippen LogP contribution in [0.4, 0.5) is 5.69 Å². The smallest absolute Gasteiger partial charge is 0.132 e. The molecule has 0 radical (unpaired) electrons. The fourth-order valence-electron chi connectivity index (χ4n) is 1.69.